The Hall–Kier alpha value is -2.94. The lowest BCUT2D eigenvalue weighted by Gasteiger charge is -2.39. The van der Waals surface area contributed by atoms with Crippen LogP contribution in [0.3, 0.4) is 0 Å². The number of piperidine rings is 1. The normalized spacial score (nSPS) is 20.9. The highest BCUT2D eigenvalue weighted by Gasteiger charge is 2.44. The van der Waals surface area contributed by atoms with Gasteiger partial charge < -0.3 is 9.64 Å². The van der Waals surface area contributed by atoms with Gasteiger partial charge in [0.15, 0.2) is 0 Å². The van der Waals surface area contributed by atoms with Gasteiger partial charge in [0.1, 0.15) is 11.9 Å². The van der Waals surface area contributed by atoms with Crippen molar-refractivity contribution in [3.63, 3.8) is 0 Å². The van der Waals surface area contributed by atoms with Gasteiger partial charge in [-0.15, -0.1) is 0 Å². The summed E-state index contributed by atoms with van der Waals surface area (Å²) in [6.07, 6.45) is 3.77. The molecule has 2 atom stereocenters. The van der Waals surface area contributed by atoms with E-state index in [-0.39, 0.29) is 24.1 Å². The van der Waals surface area contributed by atoms with Crippen LogP contribution in [0.2, 0.25) is 5.02 Å². The third-order valence-corrected chi connectivity index (χ3v) is 8.30. The zero-order valence-corrected chi connectivity index (χ0v) is 21.0. The van der Waals surface area contributed by atoms with Crippen molar-refractivity contribution in [1.82, 2.24) is 4.90 Å². The molecule has 0 aliphatic carbocycles. The number of halogens is 1. The molecular weight excluding hydrogens is 476 g/mol. The van der Waals surface area contributed by atoms with Gasteiger partial charge in [0.25, 0.3) is 5.91 Å². The Bertz CT molecular complexity index is 1230. The molecule has 2 fully saturated rings. The van der Waals surface area contributed by atoms with Gasteiger partial charge in [-0.2, -0.15) is 17.0 Å². The Kier molecular flexibility index (Phi) is 7.32. The van der Waals surface area contributed by atoms with E-state index in [1.807, 2.05) is 54.2 Å². The molecule has 2 bridgehead atoms. The molecule has 2 aliphatic rings. The average Bonchev–Trinajstić information content (AvgIpc) is 3.15. The third kappa shape index (κ3) is 5.50. The average molecular weight is 503 g/mol. The maximum absolute atomic E-state index is 13.4. The van der Waals surface area contributed by atoms with Gasteiger partial charge in [0, 0.05) is 47.0 Å². The second-order valence-electron chi connectivity index (χ2n) is 9.23. The summed E-state index contributed by atoms with van der Waals surface area (Å²) in [4.78, 5) is 15.5. The Morgan fingerprint density at radius 3 is 2.46 bits per heavy atom. The molecule has 1 amide bonds. The lowest BCUT2D eigenvalue weighted by molar-refractivity contribution is 0.0359. The van der Waals surface area contributed by atoms with Crippen LogP contribution in [-0.4, -0.2) is 29.0 Å². The SMILES string of the molecule is N#Cc1cccc(OC2CC3CCC(C2)N3C(=O)c2ccc(CSCc3ccccc3Cl)cc2)c1. The molecule has 6 heteroatoms. The van der Waals surface area contributed by atoms with Crippen molar-refractivity contribution in [2.75, 3.05) is 0 Å². The summed E-state index contributed by atoms with van der Waals surface area (Å²) in [5.74, 6) is 2.59. The minimum absolute atomic E-state index is 0.0722. The lowest BCUT2D eigenvalue weighted by Crippen LogP contribution is -2.49. The van der Waals surface area contributed by atoms with Crippen molar-refractivity contribution < 1.29 is 9.53 Å². The molecular formula is C29H27ClN2O2S. The van der Waals surface area contributed by atoms with Crippen molar-refractivity contribution in [2.45, 2.75) is 55.4 Å². The summed E-state index contributed by atoms with van der Waals surface area (Å²) in [5, 5.41) is 9.93. The molecule has 2 heterocycles. The number of fused-ring (bicyclic) bond motifs is 2. The largest absolute Gasteiger partial charge is 0.490 e. The van der Waals surface area contributed by atoms with E-state index in [1.165, 1.54) is 5.56 Å². The van der Waals surface area contributed by atoms with Crippen LogP contribution >= 0.6 is 23.4 Å². The Balaban J connectivity index is 1.17. The molecule has 0 spiro atoms. The van der Waals surface area contributed by atoms with Crippen molar-refractivity contribution in [3.8, 4) is 11.8 Å². The molecule has 3 aromatic rings. The molecule has 0 aromatic heterocycles. The number of hydrogen-bond donors (Lipinski definition) is 0. The summed E-state index contributed by atoms with van der Waals surface area (Å²) < 4.78 is 6.21. The fourth-order valence-electron chi connectivity index (χ4n) is 5.17. The summed E-state index contributed by atoms with van der Waals surface area (Å²) in [5.41, 5.74) is 3.70. The standard InChI is InChI=1S/C29H27ClN2O2S/c30-28-7-2-1-5-23(28)19-35-18-20-8-10-22(11-9-20)29(33)32-24-12-13-25(32)16-27(15-24)34-26-6-3-4-21(14-26)17-31/h1-11,14,24-25,27H,12-13,15-16,18-19H2. The maximum Gasteiger partial charge on any atom is 0.254 e. The topological polar surface area (TPSA) is 53.3 Å². The number of ether oxygens (including phenoxy) is 1. The predicted molar refractivity (Wildman–Crippen MR) is 141 cm³/mol. The fraction of sp³-hybridized carbons (Fsp3) is 0.310. The van der Waals surface area contributed by atoms with Crippen LogP contribution < -0.4 is 4.74 Å². The van der Waals surface area contributed by atoms with Crippen LogP contribution in [0.1, 0.15) is 52.7 Å². The first-order valence-corrected chi connectivity index (χ1v) is 13.5. The minimum atomic E-state index is 0.0722. The number of nitrogens with zero attached hydrogens (tertiary/aromatic N) is 2. The number of carbonyl (C=O) groups is 1. The Labute approximate surface area is 215 Å². The molecule has 3 aromatic carbocycles. The van der Waals surface area contributed by atoms with E-state index in [4.69, 9.17) is 21.6 Å². The second kappa shape index (κ2) is 10.8. The van der Waals surface area contributed by atoms with Crippen LogP contribution in [0.25, 0.3) is 0 Å². The molecule has 35 heavy (non-hydrogen) atoms. The van der Waals surface area contributed by atoms with E-state index in [9.17, 15) is 4.79 Å². The quantitative estimate of drug-likeness (QED) is 0.354. The van der Waals surface area contributed by atoms with E-state index in [0.29, 0.717) is 5.56 Å². The maximum atomic E-state index is 13.4. The first-order chi connectivity index (χ1) is 17.1. The van der Waals surface area contributed by atoms with Gasteiger partial charge in [-0.25, -0.2) is 0 Å². The minimum Gasteiger partial charge on any atom is -0.490 e. The monoisotopic (exact) mass is 502 g/mol. The van der Waals surface area contributed by atoms with E-state index in [0.717, 1.165) is 59.1 Å². The second-order valence-corrected chi connectivity index (χ2v) is 10.6. The van der Waals surface area contributed by atoms with Gasteiger partial charge in [-0.1, -0.05) is 48.0 Å². The summed E-state index contributed by atoms with van der Waals surface area (Å²) in [6.45, 7) is 0. The Morgan fingerprint density at radius 1 is 1.00 bits per heavy atom. The predicted octanol–water partition coefficient (Wildman–Crippen LogP) is 6.86. The number of rotatable bonds is 7. The van der Waals surface area contributed by atoms with Crippen molar-refractivity contribution >= 4 is 29.3 Å². The highest BCUT2D eigenvalue weighted by Crippen LogP contribution is 2.38. The molecule has 5 rings (SSSR count). The van der Waals surface area contributed by atoms with E-state index < -0.39 is 0 Å². The molecule has 178 valence electrons. The van der Waals surface area contributed by atoms with Gasteiger partial charge >= 0.3 is 0 Å². The van der Waals surface area contributed by atoms with E-state index >= 15 is 0 Å². The van der Waals surface area contributed by atoms with Gasteiger partial charge in [-0.05, 0) is 60.4 Å². The molecule has 2 aliphatic heterocycles. The molecule has 2 unspecified atom stereocenters. The first-order valence-electron chi connectivity index (χ1n) is 12.0. The van der Waals surface area contributed by atoms with Crippen LogP contribution in [0.15, 0.2) is 72.8 Å². The number of carbonyl (C=O) groups excluding carboxylic acids is 1. The highest BCUT2D eigenvalue weighted by molar-refractivity contribution is 7.97. The van der Waals surface area contributed by atoms with Crippen LogP contribution in [0.5, 0.6) is 5.75 Å². The summed E-state index contributed by atoms with van der Waals surface area (Å²) in [7, 11) is 0. The van der Waals surface area contributed by atoms with Gasteiger partial charge in [0.2, 0.25) is 0 Å². The summed E-state index contributed by atoms with van der Waals surface area (Å²) in [6, 6.07) is 25.9. The van der Waals surface area contributed by atoms with Gasteiger partial charge in [0.05, 0.1) is 11.6 Å². The zero-order chi connectivity index (χ0) is 24.2. The number of hydrogen-bond acceptors (Lipinski definition) is 4. The zero-order valence-electron chi connectivity index (χ0n) is 19.4. The van der Waals surface area contributed by atoms with Crippen molar-refractivity contribution in [2.24, 2.45) is 0 Å². The van der Waals surface area contributed by atoms with Crippen molar-refractivity contribution in [1.29, 1.82) is 5.26 Å². The fourth-order valence-corrected chi connectivity index (χ4v) is 6.46. The number of nitriles is 1. The highest BCUT2D eigenvalue weighted by atomic mass is 35.5. The van der Waals surface area contributed by atoms with E-state index in [1.54, 1.807) is 12.1 Å². The van der Waals surface area contributed by atoms with Crippen LogP contribution in [0.4, 0.5) is 0 Å². The Morgan fingerprint density at radius 2 is 1.74 bits per heavy atom. The number of benzene rings is 3. The van der Waals surface area contributed by atoms with Crippen LogP contribution in [-0.2, 0) is 11.5 Å². The molecule has 0 N–H and O–H groups in total. The third-order valence-electron chi connectivity index (χ3n) is 6.88. The molecule has 0 radical (unpaired) electrons. The van der Waals surface area contributed by atoms with Crippen LogP contribution in [0, 0.1) is 11.3 Å². The molecule has 2 saturated heterocycles. The smallest absolute Gasteiger partial charge is 0.254 e. The van der Waals surface area contributed by atoms with E-state index in [2.05, 4.69) is 29.2 Å². The number of thioether (sulfide) groups is 1. The molecule has 4 nitrogen and oxygen atoms in total. The van der Waals surface area contributed by atoms with Gasteiger partial charge in [-0.3, -0.25) is 4.79 Å². The van der Waals surface area contributed by atoms with Crippen molar-refractivity contribution in [3.05, 3.63) is 100 Å². The lowest BCUT2D eigenvalue weighted by atomic mass is 9.98. The first kappa shape index (κ1) is 23.8. The number of amides is 1. The molecule has 0 saturated carbocycles. The summed E-state index contributed by atoms with van der Waals surface area (Å²) >= 11 is 8.07.